The smallest absolute Gasteiger partial charge is 0.271 e. The van der Waals surface area contributed by atoms with Crippen LogP contribution in [-0.4, -0.2) is 70.4 Å². The van der Waals surface area contributed by atoms with E-state index >= 15 is 0 Å². The molecule has 3 heterocycles. The number of fused-ring (bicyclic) bond motifs is 1. The Bertz CT molecular complexity index is 1310. The maximum Gasteiger partial charge on any atom is 0.271 e. The number of hydrogen-bond acceptors (Lipinski definition) is 5. The van der Waals surface area contributed by atoms with Crippen molar-refractivity contribution in [2.24, 2.45) is 4.99 Å². The topological polar surface area (TPSA) is 63.0 Å². The van der Waals surface area contributed by atoms with Gasteiger partial charge in [-0.2, -0.15) is 4.99 Å². The lowest BCUT2D eigenvalue weighted by atomic mass is 10.0. The van der Waals surface area contributed by atoms with E-state index in [1.54, 1.807) is 18.4 Å². The summed E-state index contributed by atoms with van der Waals surface area (Å²) in [7, 11) is 1.60. The lowest BCUT2D eigenvalue weighted by Crippen LogP contribution is -2.60. The number of alkyl halides is 2. The number of carbonyl (C=O) groups is 1. The minimum absolute atomic E-state index is 0.0610. The normalized spacial score (nSPS) is 20.3. The average Bonchev–Trinajstić information content (AvgIpc) is 3.33. The first-order chi connectivity index (χ1) is 18.2. The average molecular weight is 528 g/mol. The molecule has 38 heavy (non-hydrogen) atoms. The van der Waals surface area contributed by atoms with Gasteiger partial charge < -0.3 is 9.30 Å². The van der Waals surface area contributed by atoms with Gasteiger partial charge in [-0.15, -0.1) is 0 Å². The van der Waals surface area contributed by atoms with Gasteiger partial charge in [-0.1, -0.05) is 6.07 Å². The molecule has 0 bridgehead atoms. The number of hydrazine groups is 1. The van der Waals surface area contributed by atoms with Crippen molar-refractivity contribution >= 4 is 17.8 Å². The fraction of sp³-hybridized carbons (Fsp3) is 0.393. The molecule has 0 saturated carbocycles. The summed E-state index contributed by atoms with van der Waals surface area (Å²) in [5.74, 6) is -0.482. The summed E-state index contributed by atoms with van der Waals surface area (Å²) in [5.41, 5.74) is 3.38. The third-order valence-electron chi connectivity index (χ3n) is 6.55. The van der Waals surface area contributed by atoms with Crippen LogP contribution in [0.2, 0.25) is 0 Å². The molecule has 2 atom stereocenters. The second kappa shape index (κ2) is 11.8. The van der Waals surface area contributed by atoms with Crippen LogP contribution < -0.4 is 4.74 Å². The Labute approximate surface area is 220 Å². The highest BCUT2D eigenvalue weighted by Gasteiger charge is 2.40. The van der Waals surface area contributed by atoms with Crippen molar-refractivity contribution in [2.75, 3.05) is 26.9 Å². The minimum atomic E-state index is -1.86. The summed E-state index contributed by atoms with van der Waals surface area (Å²) in [4.78, 5) is 21.9. The number of methoxy groups -OCH3 is 1. The number of aromatic nitrogens is 2. The largest absolute Gasteiger partial charge is 0.495 e. The zero-order chi connectivity index (χ0) is 27.4. The van der Waals surface area contributed by atoms with Crippen molar-refractivity contribution in [3.8, 4) is 11.4 Å². The van der Waals surface area contributed by atoms with Gasteiger partial charge in [0.15, 0.2) is 0 Å². The van der Waals surface area contributed by atoms with E-state index in [1.165, 1.54) is 0 Å². The molecule has 2 aliphatic rings. The van der Waals surface area contributed by atoms with Gasteiger partial charge in [-0.25, -0.2) is 23.2 Å². The van der Waals surface area contributed by atoms with E-state index in [9.17, 15) is 18.0 Å². The quantitative estimate of drug-likeness (QED) is 0.435. The van der Waals surface area contributed by atoms with Gasteiger partial charge in [0, 0.05) is 19.3 Å². The van der Waals surface area contributed by atoms with E-state index in [4.69, 9.17) is 4.74 Å². The molecule has 1 amide bonds. The molecule has 10 heteroatoms. The summed E-state index contributed by atoms with van der Waals surface area (Å²) in [6, 6.07) is 4.73. The van der Waals surface area contributed by atoms with E-state index in [-0.39, 0.29) is 5.57 Å². The number of rotatable bonds is 8. The predicted octanol–water partition coefficient (Wildman–Crippen LogP) is 5.32. The van der Waals surface area contributed by atoms with Crippen molar-refractivity contribution in [1.29, 1.82) is 0 Å². The second-order valence-electron chi connectivity index (χ2n) is 9.35. The molecular formula is C28H32F3N5O2. The van der Waals surface area contributed by atoms with Gasteiger partial charge in [-0.05, 0) is 80.7 Å². The second-order valence-corrected chi connectivity index (χ2v) is 9.35. The molecule has 2 aliphatic heterocycles. The zero-order valence-corrected chi connectivity index (χ0v) is 22.0. The minimum Gasteiger partial charge on any atom is -0.495 e. The van der Waals surface area contributed by atoms with Crippen molar-refractivity contribution < 1.29 is 22.7 Å². The van der Waals surface area contributed by atoms with Crippen molar-refractivity contribution in [3.05, 3.63) is 71.1 Å². The maximum atomic E-state index is 14.2. The van der Waals surface area contributed by atoms with Crippen LogP contribution in [0.25, 0.3) is 11.8 Å². The van der Waals surface area contributed by atoms with Crippen molar-refractivity contribution in [3.63, 3.8) is 0 Å². The summed E-state index contributed by atoms with van der Waals surface area (Å²) in [5, 5.41) is 3.67. The lowest BCUT2D eigenvalue weighted by molar-refractivity contribution is -0.130. The van der Waals surface area contributed by atoms with Gasteiger partial charge in [0.05, 0.1) is 24.8 Å². The number of amides is 1. The first kappa shape index (κ1) is 27.4. The Morgan fingerprint density at radius 1 is 1.29 bits per heavy atom. The first-order valence-electron chi connectivity index (χ1n) is 12.5. The number of benzene rings is 1. The fourth-order valence-corrected chi connectivity index (χ4v) is 4.72. The van der Waals surface area contributed by atoms with E-state index in [0.717, 1.165) is 54.4 Å². The molecule has 0 spiro atoms. The van der Waals surface area contributed by atoms with Crippen LogP contribution in [0.5, 0.6) is 5.75 Å². The fourth-order valence-electron chi connectivity index (χ4n) is 4.72. The van der Waals surface area contributed by atoms with Crippen LogP contribution in [0.4, 0.5) is 13.2 Å². The van der Waals surface area contributed by atoms with Gasteiger partial charge in [0.2, 0.25) is 0 Å². The number of hydrogen-bond donors (Lipinski definition) is 0. The monoisotopic (exact) mass is 527 g/mol. The third kappa shape index (κ3) is 5.75. The van der Waals surface area contributed by atoms with Gasteiger partial charge in [0.1, 0.15) is 36.3 Å². The molecule has 2 unspecified atom stereocenters. The van der Waals surface area contributed by atoms with E-state index in [1.807, 2.05) is 53.9 Å². The number of nitrogens with zero attached hydrogens (tertiary/aromatic N) is 5. The molecule has 1 aromatic heterocycles. The molecule has 0 aliphatic carbocycles. The van der Waals surface area contributed by atoms with Crippen LogP contribution >= 0.6 is 0 Å². The van der Waals surface area contributed by atoms with E-state index < -0.39 is 30.6 Å². The standard InChI is InChI=1S/C28H32F3N5O2/c1-18(13-21-7-8-24(25(14-21)38-4)34-16-19(2)32-17-34)27-33-28(37)26(35-11-5-6-12-36(27)35)22(9-10-29)15-23(31)20(3)30/h7-9,13-17,20,26H,5-6,10-12H2,1-4H3/b18-13+,22-9+,23-15+. The number of allylic oxidation sites excluding steroid dienone is 2. The van der Waals surface area contributed by atoms with Gasteiger partial charge >= 0.3 is 0 Å². The third-order valence-corrected chi connectivity index (χ3v) is 6.55. The summed E-state index contributed by atoms with van der Waals surface area (Å²) in [6.45, 7) is 5.00. The Hall–Kier alpha value is -3.66. The molecule has 7 nitrogen and oxygen atoms in total. The SMILES string of the molecule is COc1cc(/C=C(\C)C2=NC(=O)C(C(/C=C(/F)C(C)F)=C/CF)N3CCCCN23)ccc1-n1cnc(C)c1. The molecule has 202 valence electrons. The van der Waals surface area contributed by atoms with Gasteiger partial charge in [0.25, 0.3) is 5.91 Å². The number of carbonyl (C=O) groups excluding carboxylic acids is 1. The van der Waals surface area contributed by atoms with Gasteiger partial charge in [-0.3, -0.25) is 9.80 Å². The van der Waals surface area contributed by atoms with Crippen molar-refractivity contribution in [1.82, 2.24) is 19.6 Å². The van der Waals surface area contributed by atoms with Crippen LogP contribution in [0.3, 0.4) is 0 Å². The number of halogens is 3. The Morgan fingerprint density at radius 2 is 2.05 bits per heavy atom. The number of amidine groups is 1. The number of ether oxygens (including phenoxy) is 1. The highest BCUT2D eigenvalue weighted by Crippen LogP contribution is 2.30. The molecular weight excluding hydrogens is 495 g/mol. The molecule has 0 radical (unpaired) electrons. The number of imidazole rings is 1. The summed E-state index contributed by atoms with van der Waals surface area (Å²) < 4.78 is 48.5. The number of aryl methyl sites for hydroxylation is 1. The van der Waals surface area contributed by atoms with Crippen molar-refractivity contribution in [2.45, 2.75) is 45.8 Å². The first-order valence-corrected chi connectivity index (χ1v) is 12.5. The summed E-state index contributed by atoms with van der Waals surface area (Å²) in [6.07, 6.45) is 7.37. The highest BCUT2D eigenvalue weighted by atomic mass is 19.2. The predicted molar refractivity (Wildman–Crippen MR) is 141 cm³/mol. The van der Waals surface area contributed by atoms with Crippen LogP contribution in [-0.2, 0) is 4.79 Å². The molecule has 0 N–H and O–H groups in total. The van der Waals surface area contributed by atoms with E-state index in [0.29, 0.717) is 24.7 Å². The molecule has 1 fully saturated rings. The summed E-state index contributed by atoms with van der Waals surface area (Å²) >= 11 is 0. The molecule has 2 aromatic rings. The van der Waals surface area contributed by atoms with Crippen LogP contribution in [0.1, 0.15) is 37.9 Å². The number of aliphatic imine (C=N–C) groups is 1. The van der Waals surface area contributed by atoms with Crippen LogP contribution in [0.15, 0.2) is 64.8 Å². The molecule has 1 saturated heterocycles. The maximum absolute atomic E-state index is 14.2. The molecule has 1 aromatic carbocycles. The Kier molecular flexibility index (Phi) is 8.51. The highest BCUT2D eigenvalue weighted by molar-refractivity contribution is 6.10. The van der Waals surface area contributed by atoms with E-state index in [2.05, 4.69) is 9.98 Å². The molecule has 4 rings (SSSR count). The zero-order valence-electron chi connectivity index (χ0n) is 22.0. The lowest BCUT2D eigenvalue weighted by Gasteiger charge is -2.47. The Balaban J connectivity index is 1.69. The van der Waals surface area contributed by atoms with Crippen LogP contribution in [0, 0.1) is 6.92 Å². The Morgan fingerprint density at radius 3 is 2.71 bits per heavy atom.